The fraction of sp³-hybridized carbons (Fsp3) is 0.231. The average Bonchev–Trinajstić information content (AvgIpc) is 3.05. The summed E-state index contributed by atoms with van der Waals surface area (Å²) in [5.74, 6) is -0.119. The molecule has 3 N–H and O–H groups in total. The van der Waals surface area contributed by atoms with E-state index in [0.29, 0.717) is 17.7 Å². The maximum atomic E-state index is 12.2. The number of hydrogen-bond acceptors (Lipinski definition) is 4. The molecule has 7 nitrogen and oxygen atoms in total. The van der Waals surface area contributed by atoms with Gasteiger partial charge in [-0.25, -0.2) is 13.1 Å². The largest absolute Gasteiger partial charge is 0.326 e. The number of rotatable bonds is 5. The SMILES string of the molecule is O=C1Cc2cc(S(=O)(=O)NCCc3ccn[nH]3)ccc2N1. The molecule has 110 valence electrons. The Kier molecular flexibility index (Phi) is 3.48. The van der Waals surface area contributed by atoms with Crippen molar-refractivity contribution in [2.45, 2.75) is 17.7 Å². The summed E-state index contributed by atoms with van der Waals surface area (Å²) in [6.07, 6.45) is 2.37. The van der Waals surface area contributed by atoms with E-state index in [2.05, 4.69) is 20.2 Å². The van der Waals surface area contributed by atoms with Gasteiger partial charge in [0, 0.05) is 30.5 Å². The predicted molar refractivity (Wildman–Crippen MR) is 76.3 cm³/mol. The number of anilines is 1. The molecule has 1 aliphatic heterocycles. The molecule has 0 bridgehead atoms. The first kappa shape index (κ1) is 13.8. The molecule has 0 aliphatic carbocycles. The molecule has 21 heavy (non-hydrogen) atoms. The Balaban J connectivity index is 1.70. The summed E-state index contributed by atoms with van der Waals surface area (Å²) < 4.78 is 26.9. The molecule has 2 aromatic rings. The number of nitrogens with zero attached hydrogens (tertiary/aromatic N) is 1. The molecule has 3 rings (SSSR count). The highest BCUT2D eigenvalue weighted by molar-refractivity contribution is 7.89. The highest BCUT2D eigenvalue weighted by atomic mass is 32.2. The van der Waals surface area contributed by atoms with Gasteiger partial charge in [-0.2, -0.15) is 5.10 Å². The van der Waals surface area contributed by atoms with Gasteiger partial charge in [-0.1, -0.05) is 0 Å². The van der Waals surface area contributed by atoms with Gasteiger partial charge in [0.15, 0.2) is 0 Å². The number of aromatic amines is 1. The Morgan fingerprint density at radius 3 is 2.90 bits per heavy atom. The fourth-order valence-electron chi connectivity index (χ4n) is 2.20. The van der Waals surface area contributed by atoms with Gasteiger partial charge in [0.25, 0.3) is 0 Å². The van der Waals surface area contributed by atoms with Crippen LogP contribution in [0.2, 0.25) is 0 Å². The molecule has 1 amide bonds. The van der Waals surface area contributed by atoms with Crippen LogP contribution in [-0.4, -0.2) is 31.1 Å². The van der Waals surface area contributed by atoms with Gasteiger partial charge < -0.3 is 5.32 Å². The Labute approximate surface area is 121 Å². The fourth-order valence-corrected chi connectivity index (χ4v) is 3.28. The van der Waals surface area contributed by atoms with Crippen LogP contribution in [-0.2, 0) is 27.7 Å². The van der Waals surface area contributed by atoms with E-state index >= 15 is 0 Å². The molecule has 0 saturated carbocycles. The van der Waals surface area contributed by atoms with E-state index < -0.39 is 10.0 Å². The lowest BCUT2D eigenvalue weighted by Crippen LogP contribution is -2.26. The molecule has 1 aliphatic rings. The van der Waals surface area contributed by atoms with Crippen molar-refractivity contribution in [3.05, 3.63) is 41.7 Å². The number of amides is 1. The number of aromatic nitrogens is 2. The third kappa shape index (κ3) is 2.96. The monoisotopic (exact) mass is 306 g/mol. The number of hydrogen-bond donors (Lipinski definition) is 3. The Bertz CT molecular complexity index is 769. The summed E-state index contributed by atoms with van der Waals surface area (Å²) >= 11 is 0. The Morgan fingerprint density at radius 1 is 1.29 bits per heavy atom. The van der Waals surface area contributed by atoms with Crippen molar-refractivity contribution in [2.24, 2.45) is 0 Å². The molecular weight excluding hydrogens is 292 g/mol. The van der Waals surface area contributed by atoms with Crippen molar-refractivity contribution in [2.75, 3.05) is 11.9 Å². The first-order valence-electron chi connectivity index (χ1n) is 6.45. The standard InChI is InChI=1S/C13H14N4O3S/c18-13-8-9-7-11(1-2-12(9)16-13)21(19,20)15-6-4-10-3-5-14-17-10/h1-3,5,7,15H,4,6,8H2,(H,14,17)(H,16,18). The lowest BCUT2D eigenvalue weighted by molar-refractivity contribution is -0.115. The molecule has 0 unspecified atom stereocenters. The van der Waals surface area contributed by atoms with E-state index in [-0.39, 0.29) is 23.8 Å². The summed E-state index contributed by atoms with van der Waals surface area (Å²) in [5, 5.41) is 9.24. The van der Waals surface area contributed by atoms with Crippen LogP contribution in [0.25, 0.3) is 0 Å². The van der Waals surface area contributed by atoms with Crippen LogP contribution in [0.4, 0.5) is 5.69 Å². The highest BCUT2D eigenvalue weighted by Gasteiger charge is 2.21. The molecule has 1 aromatic heterocycles. The number of benzene rings is 1. The van der Waals surface area contributed by atoms with Crippen molar-refractivity contribution >= 4 is 21.6 Å². The first-order valence-corrected chi connectivity index (χ1v) is 7.93. The molecular formula is C13H14N4O3S. The molecule has 0 atom stereocenters. The number of carbonyl (C=O) groups is 1. The van der Waals surface area contributed by atoms with Gasteiger partial charge in [0.05, 0.1) is 11.3 Å². The summed E-state index contributed by atoms with van der Waals surface area (Å²) in [7, 11) is -3.58. The second-order valence-electron chi connectivity index (χ2n) is 4.77. The van der Waals surface area contributed by atoms with Crippen LogP contribution in [0.5, 0.6) is 0 Å². The number of carbonyl (C=O) groups excluding carboxylic acids is 1. The van der Waals surface area contributed by atoms with E-state index in [0.717, 1.165) is 5.69 Å². The summed E-state index contributed by atoms with van der Waals surface area (Å²) in [4.78, 5) is 11.4. The van der Waals surface area contributed by atoms with Gasteiger partial charge in [-0.15, -0.1) is 0 Å². The number of fused-ring (bicyclic) bond motifs is 1. The first-order chi connectivity index (χ1) is 10.0. The van der Waals surface area contributed by atoms with E-state index in [1.807, 2.05) is 0 Å². The average molecular weight is 306 g/mol. The molecule has 0 spiro atoms. The van der Waals surface area contributed by atoms with Gasteiger partial charge in [-0.3, -0.25) is 9.89 Å². The minimum Gasteiger partial charge on any atom is -0.326 e. The zero-order chi connectivity index (χ0) is 14.9. The van der Waals surface area contributed by atoms with Gasteiger partial charge in [0.1, 0.15) is 0 Å². The zero-order valence-corrected chi connectivity index (χ0v) is 11.9. The quantitative estimate of drug-likeness (QED) is 0.745. The molecule has 0 saturated heterocycles. The molecule has 2 heterocycles. The van der Waals surface area contributed by atoms with Gasteiger partial charge in [-0.05, 0) is 29.8 Å². The zero-order valence-electron chi connectivity index (χ0n) is 11.1. The van der Waals surface area contributed by atoms with E-state index in [9.17, 15) is 13.2 Å². The van der Waals surface area contributed by atoms with Crippen LogP contribution >= 0.6 is 0 Å². The van der Waals surface area contributed by atoms with Crippen molar-refractivity contribution in [1.29, 1.82) is 0 Å². The van der Waals surface area contributed by atoms with Crippen LogP contribution < -0.4 is 10.0 Å². The van der Waals surface area contributed by atoms with Crippen molar-refractivity contribution in [3.8, 4) is 0 Å². The number of nitrogens with one attached hydrogen (secondary N) is 3. The van der Waals surface area contributed by atoms with Crippen LogP contribution in [0.15, 0.2) is 35.4 Å². The maximum absolute atomic E-state index is 12.2. The van der Waals surface area contributed by atoms with E-state index in [1.54, 1.807) is 18.3 Å². The summed E-state index contributed by atoms with van der Waals surface area (Å²) in [6, 6.07) is 6.43. The second kappa shape index (κ2) is 5.30. The lowest BCUT2D eigenvalue weighted by Gasteiger charge is -2.07. The van der Waals surface area contributed by atoms with E-state index in [4.69, 9.17) is 0 Å². The third-order valence-electron chi connectivity index (χ3n) is 3.26. The Hall–Kier alpha value is -2.19. The van der Waals surface area contributed by atoms with Crippen molar-refractivity contribution < 1.29 is 13.2 Å². The topological polar surface area (TPSA) is 104 Å². The molecule has 0 fully saturated rings. The van der Waals surface area contributed by atoms with Crippen LogP contribution in [0.1, 0.15) is 11.3 Å². The van der Waals surface area contributed by atoms with Gasteiger partial charge in [0.2, 0.25) is 15.9 Å². The lowest BCUT2D eigenvalue weighted by atomic mass is 10.2. The van der Waals surface area contributed by atoms with Crippen LogP contribution in [0, 0.1) is 0 Å². The van der Waals surface area contributed by atoms with Crippen LogP contribution in [0.3, 0.4) is 0 Å². The third-order valence-corrected chi connectivity index (χ3v) is 4.72. The molecule has 0 radical (unpaired) electrons. The Morgan fingerprint density at radius 2 is 2.14 bits per heavy atom. The van der Waals surface area contributed by atoms with Gasteiger partial charge >= 0.3 is 0 Å². The highest BCUT2D eigenvalue weighted by Crippen LogP contribution is 2.25. The van der Waals surface area contributed by atoms with Crippen molar-refractivity contribution in [1.82, 2.24) is 14.9 Å². The molecule has 8 heteroatoms. The number of sulfonamides is 1. The minimum absolute atomic E-state index is 0.119. The summed E-state index contributed by atoms with van der Waals surface area (Å²) in [5.41, 5.74) is 2.24. The predicted octanol–water partition coefficient (Wildman–Crippen LogP) is 0.425. The second-order valence-corrected chi connectivity index (χ2v) is 6.54. The summed E-state index contributed by atoms with van der Waals surface area (Å²) in [6.45, 7) is 0.277. The maximum Gasteiger partial charge on any atom is 0.240 e. The normalized spacial score (nSPS) is 14.0. The minimum atomic E-state index is -3.58. The molecule has 1 aromatic carbocycles. The van der Waals surface area contributed by atoms with E-state index in [1.165, 1.54) is 12.1 Å². The smallest absolute Gasteiger partial charge is 0.240 e. The number of H-pyrrole nitrogens is 1. The van der Waals surface area contributed by atoms with Crippen molar-refractivity contribution in [3.63, 3.8) is 0 Å².